The minimum atomic E-state index is 1.09. The van der Waals surface area contributed by atoms with Crippen molar-refractivity contribution in [2.45, 2.75) is 0 Å². The van der Waals surface area contributed by atoms with Crippen molar-refractivity contribution in [3.8, 4) is 44.5 Å². The van der Waals surface area contributed by atoms with E-state index in [0.29, 0.717) is 0 Å². The molecule has 0 aliphatic heterocycles. The minimum absolute atomic E-state index is 1.09. The third-order valence-electron chi connectivity index (χ3n) is 14.0. The third-order valence-corrected chi connectivity index (χ3v) is 16.3. The topological polar surface area (TPSA) is 3.24 Å². The van der Waals surface area contributed by atoms with E-state index in [1.165, 1.54) is 117 Å². The van der Waals surface area contributed by atoms with Crippen LogP contribution in [0.3, 0.4) is 0 Å². The fourth-order valence-corrected chi connectivity index (χ4v) is 13.1. The normalized spacial score (nSPS) is 11.8. The lowest BCUT2D eigenvalue weighted by Crippen LogP contribution is -2.10. The summed E-state index contributed by atoms with van der Waals surface area (Å²) < 4.78 is 5.26. The highest BCUT2D eigenvalue weighted by Gasteiger charge is 2.20. The number of rotatable bonds is 7. The van der Waals surface area contributed by atoms with E-state index in [-0.39, 0.29) is 0 Å². The van der Waals surface area contributed by atoms with Crippen LogP contribution >= 0.6 is 22.7 Å². The standard InChI is InChI=1S/C66H41NS2/c1-2-14-43(15-3-1)60-40-52(32-34-55(60)50-29-33-58-62-37-46-17-6-7-18-47(46)38-65(62)68-64(58)39-50)67(51-30-27-44(28-31-51)56-22-12-23-59-57-21-10-11-24-63(57)69-66(56)59)53-36-48-19-8-9-20-54(48)61(41-53)49-26-25-42-13-4-5-16-45(42)35-49/h1-41H. The molecule has 14 rings (SSSR count). The van der Waals surface area contributed by atoms with Crippen molar-refractivity contribution in [3.05, 3.63) is 249 Å². The Hall–Kier alpha value is -8.34. The molecule has 69 heavy (non-hydrogen) atoms. The van der Waals surface area contributed by atoms with E-state index in [0.717, 1.165) is 17.1 Å². The zero-order chi connectivity index (χ0) is 45.4. The van der Waals surface area contributed by atoms with Crippen molar-refractivity contribution in [1.29, 1.82) is 0 Å². The van der Waals surface area contributed by atoms with Gasteiger partial charge in [-0.2, -0.15) is 0 Å². The predicted octanol–water partition coefficient (Wildman–Crippen LogP) is 20.0. The molecule has 0 unspecified atom stereocenters. The first-order valence-corrected chi connectivity index (χ1v) is 25.2. The number of nitrogens with zero attached hydrogens (tertiary/aromatic N) is 1. The van der Waals surface area contributed by atoms with Crippen molar-refractivity contribution < 1.29 is 0 Å². The summed E-state index contributed by atoms with van der Waals surface area (Å²) in [4.78, 5) is 2.46. The molecule has 1 nitrogen and oxygen atoms in total. The van der Waals surface area contributed by atoms with Crippen LogP contribution in [0.25, 0.3) is 117 Å². The van der Waals surface area contributed by atoms with Crippen molar-refractivity contribution in [2.75, 3.05) is 4.90 Å². The fourth-order valence-electron chi connectivity index (χ4n) is 10.6. The van der Waals surface area contributed by atoms with Crippen LogP contribution in [0, 0.1) is 0 Å². The van der Waals surface area contributed by atoms with Crippen molar-refractivity contribution in [2.24, 2.45) is 0 Å². The van der Waals surface area contributed by atoms with Gasteiger partial charge in [0.15, 0.2) is 0 Å². The molecule has 0 atom stereocenters. The molecule has 0 aliphatic rings. The summed E-state index contributed by atoms with van der Waals surface area (Å²) in [6.45, 7) is 0. The van der Waals surface area contributed by atoms with Gasteiger partial charge in [0.1, 0.15) is 0 Å². The van der Waals surface area contributed by atoms with Gasteiger partial charge in [-0.05, 0) is 144 Å². The highest BCUT2D eigenvalue weighted by molar-refractivity contribution is 7.26. The Kier molecular flexibility index (Phi) is 9.33. The highest BCUT2D eigenvalue weighted by Crippen LogP contribution is 2.47. The maximum Gasteiger partial charge on any atom is 0.0474 e. The number of fused-ring (bicyclic) bond motifs is 9. The van der Waals surface area contributed by atoms with Crippen molar-refractivity contribution >= 4 is 112 Å². The van der Waals surface area contributed by atoms with Crippen LogP contribution in [0.15, 0.2) is 249 Å². The van der Waals surface area contributed by atoms with E-state index in [4.69, 9.17) is 0 Å². The maximum absolute atomic E-state index is 2.46. The molecule has 12 aromatic carbocycles. The van der Waals surface area contributed by atoms with Crippen LogP contribution in [0.2, 0.25) is 0 Å². The summed E-state index contributed by atoms with van der Waals surface area (Å²) in [7, 11) is 0. The van der Waals surface area contributed by atoms with Gasteiger partial charge in [-0.1, -0.05) is 182 Å². The molecule has 3 heteroatoms. The third kappa shape index (κ3) is 6.81. The van der Waals surface area contributed by atoms with E-state index in [2.05, 4.69) is 254 Å². The Morgan fingerprint density at radius 2 is 0.826 bits per heavy atom. The molecule has 2 heterocycles. The first-order valence-electron chi connectivity index (χ1n) is 23.5. The Labute approximate surface area is 408 Å². The van der Waals surface area contributed by atoms with E-state index in [9.17, 15) is 0 Å². The number of anilines is 3. The molecule has 14 aromatic rings. The van der Waals surface area contributed by atoms with E-state index in [1.807, 2.05) is 22.7 Å². The van der Waals surface area contributed by atoms with Gasteiger partial charge in [0.25, 0.3) is 0 Å². The Morgan fingerprint density at radius 3 is 1.67 bits per heavy atom. The van der Waals surface area contributed by atoms with Crippen LogP contribution in [0.1, 0.15) is 0 Å². The SMILES string of the molecule is c1ccc(-c2cc(N(c3ccc(-c4cccc5c4sc4ccccc45)cc3)c3cc(-c4ccc5ccccc5c4)c4ccccc4c3)ccc2-c2ccc3c(c2)sc2cc4ccccc4cc23)cc1. The zero-order valence-electron chi connectivity index (χ0n) is 37.4. The summed E-state index contributed by atoms with van der Waals surface area (Å²) in [5, 5.41) is 12.7. The Bertz CT molecular complexity index is 4310. The van der Waals surface area contributed by atoms with Crippen molar-refractivity contribution in [3.63, 3.8) is 0 Å². The minimum Gasteiger partial charge on any atom is -0.310 e. The van der Waals surface area contributed by atoms with Crippen LogP contribution in [-0.2, 0) is 0 Å². The molecule has 0 amide bonds. The van der Waals surface area contributed by atoms with Crippen LogP contribution < -0.4 is 4.90 Å². The summed E-state index contributed by atoms with van der Waals surface area (Å²) in [6.07, 6.45) is 0. The molecule has 0 bridgehead atoms. The van der Waals surface area contributed by atoms with Gasteiger partial charge < -0.3 is 4.90 Å². The van der Waals surface area contributed by atoms with E-state index in [1.54, 1.807) is 0 Å². The zero-order valence-corrected chi connectivity index (χ0v) is 39.1. The predicted molar refractivity (Wildman–Crippen MR) is 301 cm³/mol. The molecule has 0 radical (unpaired) electrons. The maximum atomic E-state index is 2.46. The molecule has 0 N–H and O–H groups in total. The molecule has 0 saturated heterocycles. The molecule has 0 aliphatic carbocycles. The number of hydrogen-bond acceptors (Lipinski definition) is 3. The highest BCUT2D eigenvalue weighted by atomic mass is 32.1. The average Bonchev–Trinajstić information content (AvgIpc) is 3.98. The molecular weight excluding hydrogens is 871 g/mol. The van der Waals surface area contributed by atoms with Crippen LogP contribution in [-0.4, -0.2) is 0 Å². The lowest BCUT2D eigenvalue weighted by Gasteiger charge is -2.28. The first-order chi connectivity index (χ1) is 34.2. The molecule has 2 aromatic heterocycles. The number of hydrogen-bond donors (Lipinski definition) is 0. The van der Waals surface area contributed by atoms with Gasteiger partial charge >= 0.3 is 0 Å². The molecular formula is C66H41NS2. The molecule has 0 saturated carbocycles. The monoisotopic (exact) mass is 911 g/mol. The summed E-state index contributed by atoms with van der Waals surface area (Å²) in [5.41, 5.74) is 12.9. The molecule has 0 fully saturated rings. The average molecular weight is 912 g/mol. The number of thiophene rings is 2. The van der Waals surface area contributed by atoms with Crippen LogP contribution in [0.5, 0.6) is 0 Å². The first kappa shape index (κ1) is 39.8. The lowest BCUT2D eigenvalue weighted by atomic mass is 9.92. The largest absolute Gasteiger partial charge is 0.310 e. The second-order valence-electron chi connectivity index (χ2n) is 18.0. The summed E-state index contributed by atoms with van der Waals surface area (Å²) in [5.74, 6) is 0. The van der Waals surface area contributed by atoms with E-state index < -0.39 is 0 Å². The molecule has 0 spiro atoms. The van der Waals surface area contributed by atoms with Gasteiger partial charge in [0.2, 0.25) is 0 Å². The number of benzene rings is 12. The smallest absolute Gasteiger partial charge is 0.0474 e. The summed E-state index contributed by atoms with van der Waals surface area (Å²) in [6, 6.07) is 92.2. The van der Waals surface area contributed by atoms with Gasteiger partial charge in [-0.3, -0.25) is 0 Å². The van der Waals surface area contributed by atoms with Gasteiger partial charge in [-0.15, -0.1) is 22.7 Å². The van der Waals surface area contributed by atoms with Gasteiger partial charge in [-0.25, -0.2) is 0 Å². The summed E-state index contributed by atoms with van der Waals surface area (Å²) >= 11 is 3.76. The Balaban J connectivity index is 0.962. The van der Waals surface area contributed by atoms with E-state index >= 15 is 0 Å². The van der Waals surface area contributed by atoms with Crippen LogP contribution in [0.4, 0.5) is 17.1 Å². The Morgan fingerprint density at radius 1 is 0.232 bits per heavy atom. The van der Waals surface area contributed by atoms with Gasteiger partial charge in [0, 0.05) is 57.4 Å². The van der Waals surface area contributed by atoms with Crippen molar-refractivity contribution in [1.82, 2.24) is 0 Å². The second-order valence-corrected chi connectivity index (χ2v) is 20.2. The quantitative estimate of drug-likeness (QED) is 0.154. The fraction of sp³-hybridized carbons (Fsp3) is 0. The van der Waals surface area contributed by atoms with Gasteiger partial charge in [0.05, 0.1) is 0 Å². The lowest BCUT2D eigenvalue weighted by molar-refractivity contribution is 1.29. The molecule has 322 valence electrons. The second kappa shape index (κ2) is 16.2.